The van der Waals surface area contributed by atoms with Crippen molar-refractivity contribution in [1.29, 1.82) is 0 Å². The predicted molar refractivity (Wildman–Crippen MR) is 94.0 cm³/mol. The van der Waals surface area contributed by atoms with Crippen molar-refractivity contribution in [2.24, 2.45) is 0 Å². The predicted octanol–water partition coefficient (Wildman–Crippen LogP) is 1.36. The van der Waals surface area contributed by atoms with Crippen molar-refractivity contribution in [2.45, 2.75) is 39.2 Å². The van der Waals surface area contributed by atoms with Crippen LogP contribution in [0.2, 0.25) is 0 Å². The lowest BCUT2D eigenvalue weighted by atomic mass is 10.2. The van der Waals surface area contributed by atoms with Crippen LogP contribution in [0.5, 0.6) is 0 Å². The number of hydrogen-bond acceptors (Lipinski definition) is 6. The highest BCUT2D eigenvalue weighted by Crippen LogP contribution is 2.20. The smallest absolute Gasteiger partial charge is 0.272 e. The first-order valence-electron chi connectivity index (χ1n) is 8.42. The molecule has 0 aliphatic carbocycles. The van der Waals surface area contributed by atoms with Crippen molar-refractivity contribution < 1.29 is 13.2 Å². The molecule has 1 unspecified atom stereocenters. The van der Waals surface area contributed by atoms with Gasteiger partial charge in [0.15, 0.2) is 9.84 Å². The number of aromatic nitrogens is 2. The lowest BCUT2D eigenvalue weighted by molar-refractivity contribution is 0.0702. The van der Waals surface area contributed by atoms with Crippen LogP contribution in [0.4, 0.5) is 5.82 Å². The summed E-state index contributed by atoms with van der Waals surface area (Å²) < 4.78 is 23.4. The van der Waals surface area contributed by atoms with Crippen LogP contribution in [0, 0.1) is 0 Å². The molecule has 24 heavy (non-hydrogen) atoms. The molecule has 1 atom stereocenters. The van der Waals surface area contributed by atoms with Crippen LogP contribution < -0.4 is 4.90 Å². The molecule has 0 aromatic carbocycles. The van der Waals surface area contributed by atoms with Gasteiger partial charge < -0.3 is 9.80 Å². The van der Waals surface area contributed by atoms with Crippen LogP contribution >= 0.6 is 0 Å². The molecule has 1 amide bonds. The molecular formula is C16H26N4O3S. The van der Waals surface area contributed by atoms with Gasteiger partial charge in [-0.3, -0.25) is 4.79 Å². The lowest BCUT2D eigenvalue weighted by Gasteiger charge is -2.27. The average Bonchev–Trinajstić information content (AvgIpc) is 2.93. The van der Waals surface area contributed by atoms with Crippen LogP contribution in [-0.2, 0) is 9.84 Å². The van der Waals surface area contributed by atoms with Crippen LogP contribution in [-0.4, -0.2) is 66.9 Å². The van der Waals surface area contributed by atoms with E-state index >= 15 is 0 Å². The van der Waals surface area contributed by atoms with Gasteiger partial charge in [0, 0.05) is 32.2 Å². The van der Waals surface area contributed by atoms with E-state index < -0.39 is 9.84 Å². The molecule has 1 aliphatic rings. The maximum absolute atomic E-state index is 12.8. The molecule has 7 nitrogen and oxygen atoms in total. The molecule has 0 bridgehead atoms. The fraction of sp³-hybridized carbons (Fsp3) is 0.688. The van der Waals surface area contributed by atoms with E-state index in [4.69, 9.17) is 0 Å². The van der Waals surface area contributed by atoms with E-state index in [2.05, 4.69) is 16.9 Å². The Morgan fingerprint density at radius 3 is 2.67 bits per heavy atom. The van der Waals surface area contributed by atoms with Gasteiger partial charge in [-0.1, -0.05) is 13.3 Å². The molecule has 1 aliphatic heterocycles. The zero-order chi connectivity index (χ0) is 17.7. The second-order valence-electron chi connectivity index (χ2n) is 6.18. The van der Waals surface area contributed by atoms with Gasteiger partial charge >= 0.3 is 0 Å². The first-order chi connectivity index (χ1) is 11.4. The van der Waals surface area contributed by atoms with E-state index in [0.29, 0.717) is 24.5 Å². The molecule has 2 rings (SSSR count). The Labute approximate surface area is 144 Å². The van der Waals surface area contributed by atoms with Gasteiger partial charge in [0.05, 0.1) is 11.5 Å². The third kappa shape index (κ3) is 4.43. The summed E-state index contributed by atoms with van der Waals surface area (Å²) >= 11 is 0. The zero-order valence-corrected chi connectivity index (χ0v) is 15.4. The second kappa shape index (κ2) is 7.92. The summed E-state index contributed by atoms with van der Waals surface area (Å²) in [6.07, 6.45) is 4.02. The van der Waals surface area contributed by atoms with Crippen LogP contribution in [0.3, 0.4) is 0 Å². The average molecular weight is 354 g/mol. The van der Waals surface area contributed by atoms with Gasteiger partial charge in [-0.15, -0.1) is 0 Å². The first-order valence-corrected chi connectivity index (χ1v) is 10.2. The van der Waals surface area contributed by atoms with E-state index in [1.807, 2.05) is 18.9 Å². The molecular weight excluding hydrogens is 328 g/mol. The molecule has 8 heteroatoms. The summed E-state index contributed by atoms with van der Waals surface area (Å²) in [6.45, 7) is 5.30. The van der Waals surface area contributed by atoms with E-state index in [1.54, 1.807) is 11.0 Å². The molecule has 0 radical (unpaired) electrons. The van der Waals surface area contributed by atoms with Crippen LogP contribution in [0.25, 0.3) is 0 Å². The maximum Gasteiger partial charge on any atom is 0.272 e. The van der Waals surface area contributed by atoms with Crippen molar-refractivity contribution in [3.8, 4) is 0 Å². The second-order valence-corrected chi connectivity index (χ2v) is 8.41. The van der Waals surface area contributed by atoms with Gasteiger partial charge in [0.1, 0.15) is 17.8 Å². The van der Waals surface area contributed by atoms with Gasteiger partial charge in [-0.25, -0.2) is 18.4 Å². The molecule has 1 aromatic heterocycles. The molecule has 0 N–H and O–H groups in total. The Hall–Kier alpha value is -1.70. The zero-order valence-electron chi connectivity index (χ0n) is 14.6. The molecule has 1 fully saturated rings. The summed E-state index contributed by atoms with van der Waals surface area (Å²) in [4.78, 5) is 24.7. The Kier molecular flexibility index (Phi) is 6.15. The fourth-order valence-electron chi connectivity index (χ4n) is 2.92. The van der Waals surface area contributed by atoms with Gasteiger partial charge in [0.2, 0.25) is 0 Å². The van der Waals surface area contributed by atoms with E-state index in [1.165, 1.54) is 6.33 Å². The Morgan fingerprint density at radius 1 is 1.33 bits per heavy atom. The maximum atomic E-state index is 12.8. The highest BCUT2D eigenvalue weighted by molar-refractivity contribution is 7.91. The first kappa shape index (κ1) is 18.6. The summed E-state index contributed by atoms with van der Waals surface area (Å²) in [5, 5.41) is 0. The molecule has 1 saturated heterocycles. The van der Waals surface area contributed by atoms with Crippen LogP contribution in [0.1, 0.15) is 43.6 Å². The fourth-order valence-corrected chi connectivity index (χ4v) is 4.65. The van der Waals surface area contributed by atoms with E-state index in [0.717, 1.165) is 19.4 Å². The third-order valence-electron chi connectivity index (χ3n) is 4.36. The van der Waals surface area contributed by atoms with Crippen molar-refractivity contribution in [3.63, 3.8) is 0 Å². The quantitative estimate of drug-likeness (QED) is 0.735. The SMILES string of the molecule is CCCCN(C)c1cc(C(=O)N(CC)C2CCS(=O)(=O)C2)ncn1. The van der Waals surface area contributed by atoms with Gasteiger partial charge in [-0.05, 0) is 19.8 Å². The Morgan fingerprint density at radius 2 is 2.08 bits per heavy atom. The lowest BCUT2D eigenvalue weighted by Crippen LogP contribution is -2.41. The normalized spacial score (nSPS) is 19.2. The molecule has 0 spiro atoms. The van der Waals surface area contributed by atoms with E-state index in [9.17, 15) is 13.2 Å². The van der Waals surface area contributed by atoms with E-state index in [-0.39, 0.29) is 23.5 Å². The number of amides is 1. The van der Waals surface area contributed by atoms with Gasteiger partial charge in [0.25, 0.3) is 5.91 Å². The standard InChI is InChI=1S/C16H26N4O3S/c1-4-6-8-19(3)15-10-14(17-12-18-15)16(21)20(5-2)13-7-9-24(22,23)11-13/h10,12-13H,4-9,11H2,1-3H3. The summed E-state index contributed by atoms with van der Waals surface area (Å²) in [6, 6.07) is 1.42. The Balaban J connectivity index is 2.16. The van der Waals surface area contributed by atoms with Crippen molar-refractivity contribution in [3.05, 3.63) is 18.1 Å². The number of sulfone groups is 1. The highest BCUT2D eigenvalue weighted by Gasteiger charge is 2.34. The minimum atomic E-state index is -3.03. The Bertz CT molecular complexity index is 678. The topological polar surface area (TPSA) is 83.5 Å². The third-order valence-corrected chi connectivity index (χ3v) is 6.11. The summed E-state index contributed by atoms with van der Waals surface area (Å²) in [5.41, 5.74) is 0.314. The highest BCUT2D eigenvalue weighted by atomic mass is 32.2. The van der Waals surface area contributed by atoms with Crippen LogP contribution in [0.15, 0.2) is 12.4 Å². The number of anilines is 1. The largest absolute Gasteiger partial charge is 0.360 e. The summed E-state index contributed by atoms with van der Waals surface area (Å²) in [5.74, 6) is 0.668. The number of carbonyl (C=O) groups excluding carboxylic acids is 1. The number of nitrogens with zero attached hydrogens (tertiary/aromatic N) is 4. The minimum absolute atomic E-state index is 0.0426. The monoisotopic (exact) mass is 354 g/mol. The molecule has 2 heterocycles. The van der Waals surface area contributed by atoms with Gasteiger partial charge in [-0.2, -0.15) is 0 Å². The molecule has 134 valence electrons. The number of hydrogen-bond donors (Lipinski definition) is 0. The molecule has 1 aromatic rings. The van der Waals surface area contributed by atoms with Crippen molar-refractivity contribution in [2.75, 3.05) is 36.5 Å². The number of unbranched alkanes of at least 4 members (excludes halogenated alkanes) is 1. The molecule has 0 saturated carbocycles. The minimum Gasteiger partial charge on any atom is -0.360 e. The number of rotatable bonds is 7. The van der Waals surface area contributed by atoms with Crippen molar-refractivity contribution >= 4 is 21.6 Å². The summed E-state index contributed by atoms with van der Waals surface area (Å²) in [7, 11) is -1.10. The number of carbonyl (C=O) groups is 1. The van der Waals surface area contributed by atoms with Crippen molar-refractivity contribution in [1.82, 2.24) is 14.9 Å².